The Morgan fingerprint density at radius 2 is 1.10 bits per heavy atom. The summed E-state index contributed by atoms with van der Waals surface area (Å²) in [7, 11) is 0. The van der Waals surface area contributed by atoms with E-state index in [9.17, 15) is 0 Å². The molecule has 5 heterocycles. The lowest BCUT2D eigenvalue weighted by Gasteiger charge is -2.11. The van der Waals surface area contributed by atoms with Gasteiger partial charge in [0.05, 0.1) is 39.0 Å². The van der Waals surface area contributed by atoms with Gasteiger partial charge < -0.3 is 4.40 Å². The SMILES string of the molecule is c1ccc(-c2cccc(-n3c4ccccc4c4cc5cc6c7ccccc7c7ccccc7n6c5cc43)n2)nc1. The van der Waals surface area contributed by atoms with Crippen molar-refractivity contribution < 1.29 is 0 Å². The summed E-state index contributed by atoms with van der Waals surface area (Å²) in [5, 5.41) is 7.47. The van der Waals surface area contributed by atoms with E-state index < -0.39 is 0 Å². The fourth-order valence-corrected chi connectivity index (χ4v) is 6.42. The van der Waals surface area contributed by atoms with Gasteiger partial charge >= 0.3 is 0 Å². The average Bonchev–Trinajstić information content (AvgIpc) is 3.56. The van der Waals surface area contributed by atoms with Crippen LogP contribution in [0.4, 0.5) is 0 Å². The molecule has 0 aliphatic carbocycles. The van der Waals surface area contributed by atoms with Gasteiger partial charge in [-0.1, -0.05) is 72.8 Å². The molecule has 186 valence electrons. The molecule has 4 heteroatoms. The highest BCUT2D eigenvalue weighted by Gasteiger charge is 2.18. The standard InChI is InChI=1S/C36H22N4/c1-2-12-26-24(10-1)25-11-3-5-16-31(25)39-33-22-35-28(20-23(33)21-34(26)39)27-13-4-6-17-32(27)40(35)36-18-9-15-30(38-36)29-14-7-8-19-37-29/h1-22H. The Hall–Kier alpha value is -5.48. The quantitative estimate of drug-likeness (QED) is 0.218. The fourth-order valence-electron chi connectivity index (χ4n) is 6.42. The molecule has 0 atom stereocenters. The molecule has 0 N–H and O–H groups in total. The van der Waals surface area contributed by atoms with E-state index in [1.807, 2.05) is 30.5 Å². The van der Waals surface area contributed by atoms with Gasteiger partial charge in [-0.15, -0.1) is 0 Å². The smallest absolute Gasteiger partial charge is 0.138 e. The van der Waals surface area contributed by atoms with Crippen LogP contribution >= 0.6 is 0 Å². The largest absolute Gasteiger partial charge is 0.309 e. The number of hydrogen-bond acceptors (Lipinski definition) is 2. The molecule has 0 saturated carbocycles. The molecule has 5 aromatic heterocycles. The number of hydrogen-bond donors (Lipinski definition) is 0. The third kappa shape index (κ3) is 2.90. The van der Waals surface area contributed by atoms with Crippen LogP contribution in [0.3, 0.4) is 0 Å². The number of nitrogens with zero attached hydrogens (tertiary/aromatic N) is 4. The summed E-state index contributed by atoms with van der Waals surface area (Å²) in [5.74, 6) is 0.880. The summed E-state index contributed by atoms with van der Waals surface area (Å²) in [6.07, 6.45) is 1.81. The van der Waals surface area contributed by atoms with Gasteiger partial charge in [0.15, 0.2) is 0 Å². The van der Waals surface area contributed by atoms with Gasteiger partial charge in [0.2, 0.25) is 0 Å². The summed E-state index contributed by atoms with van der Waals surface area (Å²) in [4.78, 5) is 9.64. The molecule has 4 nitrogen and oxygen atoms in total. The topological polar surface area (TPSA) is 35.1 Å². The number of fused-ring (bicyclic) bond motifs is 11. The van der Waals surface area contributed by atoms with Crippen LogP contribution in [0.25, 0.3) is 77.1 Å². The maximum absolute atomic E-state index is 5.10. The van der Waals surface area contributed by atoms with E-state index in [4.69, 9.17) is 4.98 Å². The number of rotatable bonds is 2. The molecule has 0 bridgehead atoms. The van der Waals surface area contributed by atoms with Crippen LogP contribution in [-0.2, 0) is 0 Å². The van der Waals surface area contributed by atoms with E-state index in [-0.39, 0.29) is 0 Å². The second-order valence-corrected chi connectivity index (χ2v) is 10.3. The highest BCUT2D eigenvalue weighted by atomic mass is 15.1. The molecule has 0 spiro atoms. The summed E-state index contributed by atoms with van der Waals surface area (Å²) < 4.78 is 4.71. The maximum atomic E-state index is 5.10. The van der Waals surface area contributed by atoms with Gasteiger partial charge in [-0.05, 0) is 60.0 Å². The zero-order chi connectivity index (χ0) is 26.2. The van der Waals surface area contributed by atoms with Gasteiger partial charge in [-0.25, -0.2) is 4.98 Å². The van der Waals surface area contributed by atoms with Crippen molar-refractivity contribution >= 4 is 59.9 Å². The van der Waals surface area contributed by atoms with Crippen LogP contribution in [0, 0.1) is 0 Å². The summed E-state index contributed by atoms with van der Waals surface area (Å²) >= 11 is 0. The monoisotopic (exact) mass is 510 g/mol. The average molecular weight is 511 g/mol. The molecule has 0 aliphatic rings. The van der Waals surface area contributed by atoms with Crippen LogP contribution in [0.5, 0.6) is 0 Å². The zero-order valence-corrected chi connectivity index (χ0v) is 21.5. The van der Waals surface area contributed by atoms with Crippen molar-refractivity contribution in [1.29, 1.82) is 0 Å². The van der Waals surface area contributed by atoms with Crippen molar-refractivity contribution in [2.75, 3.05) is 0 Å². The minimum Gasteiger partial charge on any atom is -0.309 e. The Morgan fingerprint density at radius 1 is 0.425 bits per heavy atom. The Morgan fingerprint density at radius 3 is 1.90 bits per heavy atom. The van der Waals surface area contributed by atoms with Gasteiger partial charge in [0.25, 0.3) is 0 Å². The van der Waals surface area contributed by atoms with E-state index in [0.717, 1.165) is 28.2 Å². The molecular formula is C36H22N4. The summed E-state index contributed by atoms with van der Waals surface area (Å²) in [6.45, 7) is 0. The van der Waals surface area contributed by atoms with E-state index in [0.29, 0.717) is 0 Å². The number of para-hydroxylation sites is 2. The minimum absolute atomic E-state index is 0.857. The first-order valence-electron chi connectivity index (χ1n) is 13.5. The fraction of sp³-hybridized carbons (Fsp3) is 0. The van der Waals surface area contributed by atoms with Crippen molar-refractivity contribution in [3.8, 4) is 17.2 Å². The second kappa shape index (κ2) is 8.01. The van der Waals surface area contributed by atoms with E-state index in [2.05, 4.69) is 117 Å². The number of benzene rings is 4. The predicted octanol–water partition coefficient (Wildman–Crippen LogP) is 8.95. The van der Waals surface area contributed by atoms with Gasteiger partial charge in [0.1, 0.15) is 5.82 Å². The van der Waals surface area contributed by atoms with E-state index in [1.54, 1.807) is 0 Å². The predicted molar refractivity (Wildman–Crippen MR) is 165 cm³/mol. The molecule has 0 saturated heterocycles. The second-order valence-electron chi connectivity index (χ2n) is 10.3. The minimum atomic E-state index is 0.857. The first-order valence-corrected chi connectivity index (χ1v) is 13.5. The number of aromatic nitrogens is 4. The molecule has 0 aliphatic heterocycles. The highest BCUT2D eigenvalue weighted by Crippen LogP contribution is 2.39. The van der Waals surface area contributed by atoms with Crippen molar-refractivity contribution in [3.05, 3.63) is 134 Å². The summed E-state index contributed by atoms with van der Waals surface area (Å²) in [6, 6.07) is 45.2. The van der Waals surface area contributed by atoms with Gasteiger partial charge in [0, 0.05) is 33.1 Å². The Labute approximate surface area is 229 Å². The first kappa shape index (κ1) is 21.5. The van der Waals surface area contributed by atoms with Crippen molar-refractivity contribution in [2.45, 2.75) is 0 Å². The molecule has 9 rings (SSSR count). The molecule has 0 unspecified atom stereocenters. The van der Waals surface area contributed by atoms with Crippen LogP contribution in [0.2, 0.25) is 0 Å². The third-order valence-corrected chi connectivity index (χ3v) is 8.12. The maximum Gasteiger partial charge on any atom is 0.138 e. The lowest BCUT2D eigenvalue weighted by Crippen LogP contribution is -1.99. The molecule has 0 amide bonds. The van der Waals surface area contributed by atoms with Crippen LogP contribution < -0.4 is 0 Å². The van der Waals surface area contributed by atoms with Gasteiger partial charge in [-0.2, -0.15) is 0 Å². The Bertz CT molecular complexity index is 2430. The zero-order valence-electron chi connectivity index (χ0n) is 21.5. The van der Waals surface area contributed by atoms with E-state index in [1.165, 1.54) is 48.9 Å². The molecule has 4 aromatic carbocycles. The van der Waals surface area contributed by atoms with Crippen molar-refractivity contribution in [2.24, 2.45) is 0 Å². The van der Waals surface area contributed by atoms with Crippen LogP contribution in [0.15, 0.2) is 134 Å². The van der Waals surface area contributed by atoms with Crippen LogP contribution in [-0.4, -0.2) is 18.9 Å². The number of pyridine rings is 3. The molecule has 40 heavy (non-hydrogen) atoms. The molecule has 0 fully saturated rings. The van der Waals surface area contributed by atoms with Crippen LogP contribution in [0.1, 0.15) is 0 Å². The lowest BCUT2D eigenvalue weighted by molar-refractivity contribution is 1.08. The summed E-state index contributed by atoms with van der Waals surface area (Å²) in [5.41, 5.74) is 7.62. The molecule has 0 radical (unpaired) electrons. The van der Waals surface area contributed by atoms with Crippen molar-refractivity contribution in [3.63, 3.8) is 0 Å². The molecule has 9 aromatic rings. The first-order chi connectivity index (χ1) is 19.8. The highest BCUT2D eigenvalue weighted by molar-refractivity contribution is 6.18. The molecular weight excluding hydrogens is 488 g/mol. The van der Waals surface area contributed by atoms with E-state index >= 15 is 0 Å². The Balaban J connectivity index is 1.43. The Kier molecular flexibility index (Phi) is 4.30. The third-order valence-electron chi connectivity index (χ3n) is 8.12. The normalized spacial score (nSPS) is 12.0. The lowest BCUT2D eigenvalue weighted by atomic mass is 10.1. The van der Waals surface area contributed by atoms with Crippen molar-refractivity contribution in [1.82, 2.24) is 18.9 Å². The van der Waals surface area contributed by atoms with Gasteiger partial charge in [-0.3, -0.25) is 9.55 Å².